The fourth-order valence-electron chi connectivity index (χ4n) is 10.1. The molecule has 0 aromatic carbocycles. The Balaban J connectivity index is 1.10. The number of aliphatic hydroxyl groups is 1. The van der Waals surface area contributed by atoms with Crippen LogP contribution in [0, 0.1) is 46.3 Å². The van der Waals surface area contributed by atoms with Crippen LogP contribution >= 0.6 is 0 Å². The van der Waals surface area contributed by atoms with Gasteiger partial charge in [-0.15, -0.1) is 0 Å². The molecule has 0 bridgehead atoms. The molecule has 0 unspecified atom stereocenters. The number of fused-ring (bicyclic) bond motifs is 5. The average Bonchev–Trinajstić information content (AvgIpc) is 3.26. The van der Waals surface area contributed by atoms with Gasteiger partial charge in [0.05, 0.1) is 11.8 Å². The molecule has 4 heteroatoms. The van der Waals surface area contributed by atoms with E-state index in [0.29, 0.717) is 28.7 Å². The number of pyridine rings is 1. The lowest BCUT2D eigenvalue weighted by molar-refractivity contribution is -0.167. The highest BCUT2D eigenvalue weighted by Crippen LogP contribution is 2.68. The molecule has 10 atom stereocenters. The Bertz CT molecular complexity index is 862. The molecular formula is C33H55N3O. The molecule has 0 aliphatic heterocycles. The predicted octanol–water partition coefficient (Wildman–Crippen LogP) is 6.59. The van der Waals surface area contributed by atoms with Crippen LogP contribution in [0.2, 0.25) is 0 Å². The van der Waals surface area contributed by atoms with Crippen LogP contribution in [0.4, 0.5) is 0 Å². The largest absolute Gasteiger partial charge is 0.393 e. The molecule has 1 aromatic heterocycles. The lowest BCUT2D eigenvalue weighted by Crippen LogP contribution is -2.59. The highest BCUT2D eigenvalue weighted by Gasteiger charge is 2.62. The molecule has 1 heterocycles. The second kappa shape index (κ2) is 11.6. The number of aliphatic hydroxyl groups excluding tert-OH is 1. The molecule has 208 valence electrons. The third-order valence-corrected chi connectivity index (χ3v) is 12.3. The number of nitrogens with zero attached hydrogens (tertiary/aromatic N) is 1. The Hall–Kier alpha value is -0.970. The maximum Gasteiger partial charge on any atom is 0.0577 e. The summed E-state index contributed by atoms with van der Waals surface area (Å²) in [4.78, 5) is 4.38. The second-order valence-electron chi connectivity index (χ2n) is 14.0. The summed E-state index contributed by atoms with van der Waals surface area (Å²) in [6, 6.07) is 6.74. The van der Waals surface area contributed by atoms with E-state index in [1.165, 1.54) is 64.2 Å². The van der Waals surface area contributed by atoms with Crippen LogP contribution in [0.5, 0.6) is 0 Å². The molecule has 4 aliphatic carbocycles. The van der Waals surface area contributed by atoms with E-state index in [1.807, 2.05) is 12.3 Å². The Kier molecular flexibility index (Phi) is 8.68. The van der Waals surface area contributed by atoms with Gasteiger partial charge in [0.25, 0.3) is 0 Å². The van der Waals surface area contributed by atoms with E-state index in [2.05, 4.69) is 55.4 Å². The summed E-state index contributed by atoms with van der Waals surface area (Å²) < 4.78 is 0. The van der Waals surface area contributed by atoms with E-state index >= 15 is 0 Å². The molecule has 4 nitrogen and oxygen atoms in total. The summed E-state index contributed by atoms with van der Waals surface area (Å²) in [7, 11) is 0. The smallest absolute Gasteiger partial charge is 0.0577 e. The third kappa shape index (κ3) is 5.41. The van der Waals surface area contributed by atoms with Crippen molar-refractivity contribution in [3.05, 3.63) is 30.1 Å². The number of unbranched alkanes of at least 4 members (excludes halogenated alkanes) is 1. The first kappa shape index (κ1) is 27.6. The van der Waals surface area contributed by atoms with Crippen molar-refractivity contribution in [2.24, 2.45) is 46.3 Å². The van der Waals surface area contributed by atoms with E-state index in [-0.39, 0.29) is 6.10 Å². The summed E-state index contributed by atoms with van der Waals surface area (Å²) >= 11 is 0. The summed E-state index contributed by atoms with van der Waals surface area (Å²) in [5.74, 6) is 4.42. The highest BCUT2D eigenvalue weighted by atomic mass is 16.3. The van der Waals surface area contributed by atoms with Gasteiger partial charge in [-0.2, -0.15) is 0 Å². The van der Waals surface area contributed by atoms with E-state index in [4.69, 9.17) is 0 Å². The van der Waals surface area contributed by atoms with Crippen LogP contribution < -0.4 is 10.6 Å². The van der Waals surface area contributed by atoms with Gasteiger partial charge in [0.2, 0.25) is 0 Å². The number of rotatable bonds is 10. The summed E-state index contributed by atoms with van der Waals surface area (Å²) in [6.07, 6.45) is 16.0. The minimum Gasteiger partial charge on any atom is -0.393 e. The van der Waals surface area contributed by atoms with E-state index in [0.717, 1.165) is 55.4 Å². The Morgan fingerprint density at radius 1 is 1.00 bits per heavy atom. The topological polar surface area (TPSA) is 57.2 Å². The molecule has 0 spiro atoms. The van der Waals surface area contributed by atoms with Crippen molar-refractivity contribution in [1.82, 2.24) is 15.6 Å². The minimum atomic E-state index is -0.0766. The lowest BCUT2D eigenvalue weighted by atomic mass is 9.43. The van der Waals surface area contributed by atoms with Gasteiger partial charge in [0, 0.05) is 18.8 Å². The summed E-state index contributed by atoms with van der Waals surface area (Å²) in [5, 5.41) is 19.1. The average molecular weight is 510 g/mol. The minimum absolute atomic E-state index is 0.0766. The van der Waals surface area contributed by atoms with Crippen LogP contribution in [-0.4, -0.2) is 35.3 Å². The quantitative estimate of drug-likeness (QED) is 0.312. The summed E-state index contributed by atoms with van der Waals surface area (Å²) in [5.41, 5.74) is 2.02. The van der Waals surface area contributed by atoms with Crippen molar-refractivity contribution in [3.63, 3.8) is 0 Å². The molecular weight excluding hydrogens is 454 g/mol. The van der Waals surface area contributed by atoms with E-state index < -0.39 is 0 Å². The molecule has 4 fully saturated rings. The maximum absolute atomic E-state index is 11.6. The van der Waals surface area contributed by atoms with Crippen LogP contribution in [0.1, 0.15) is 104 Å². The first-order valence-corrected chi connectivity index (χ1v) is 15.9. The number of hydrogen-bond donors (Lipinski definition) is 3. The number of nitrogens with one attached hydrogen (secondary N) is 2. The molecule has 0 radical (unpaired) electrons. The fraction of sp³-hybridized carbons (Fsp3) is 0.848. The van der Waals surface area contributed by atoms with Gasteiger partial charge in [-0.1, -0.05) is 40.2 Å². The van der Waals surface area contributed by atoms with Gasteiger partial charge in [-0.25, -0.2) is 0 Å². The first-order valence-electron chi connectivity index (χ1n) is 15.9. The van der Waals surface area contributed by atoms with Crippen molar-refractivity contribution < 1.29 is 5.11 Å². The standard InChI is InChI=1S/C33H55N3O/c1-5-23(2)27-11-12-28-31-29(14-16-33(27,28)4)32(3)15-13-25(20-24(32)21-30(31)37)35-19-9-8-17-34-22-26-10-6-7-18-36-26/h6-7,10,18,23-25,27-31,34-35,37H,5,8-9,11-17,19-22H2,1-4H3/t23-,24+,25-,27-,28+,29+,30-,31+,32+,33-/m1/s1. The predicted molar refractivity (Wildman–Crippen MR) is 153 cm³/mol. The fourth-order valence-corrected chi connectivity index (χ4v) is 10.1. The monoisotopic (exact) mass is 509 g/mol. The van der Waals surface area contributed by atoms with Crippen molar-refractivity contribution in [1.29, 1.82) is 0 Å². The lowest BCUT2D eigenvalue weighted by Gasteiger charge is -2.62. The summed E-state index contributed by atoms with van der Waals surface area (Å²) in [6.45, 7) is 13.2. The van der Waals surface area contributed by atoms with Crippen LogP contribution in [0.3, 0.4) is 0 Å². The van der Waals surface area contributed by atoms with Gasteiger partial charge in [0.15, 0.2) is 0 Å². The zero-order valence-corrected chi connectivity index (χ0v) is 24.2. The Labute approximate surface area is 227 Å². The Morgan fingerprint density at radius 3 is 2.57 bits per heavy atom. The van der Waals surface area contributed by atoms with Crippen molar-refractivity contribution in [2.45, 2.75) is 117 Å². The van der Waals surface area contributed by atoms with E-state index in [9.17, 15) is 5.11 Å². The van der Waals surface area contributed by atoms with Crippen molar-refractivity contribution in [2.75, 3.05) is 13.1 Å². The first-order chi connectivity index (χ1) is 17.9. The van der Waals surface area contributed by atoms with Gasteiger partial charge in [0.1, 0.15) is 0 Å². The zero-order chi connectivity index (χ0) is 26.0. The second-order valence-corrected chi connectivity index (χ2v) is 14.0. The molecule has 5 rings (SSSR count). The van der Waals surface area contributed by atoms with Crippen molar-refractivity contribution >= 4 is 0 Å². The van der Waals surface area contributed by atoms with Crippen LogP contribution in [0.15, 0.2) is 24.4 Å². The van der Waals surface area contributed by atoms with Crippen LogP contribution in [-0.2, 0) is 6.54 Å². The highest BCUT2D eigenvalue weighted by molar-refractivity contribution is 5.12. The van der Waals surface area contributed by atoms with E-state index in [1.54, 1.807) is 0 Å². The molecule has 3 N–H and O–H groups in total. The molecule has 4 saturated carbocycles. The van der Waals surface area contributed by atoms with Crippen LogP contribution in [0.25, 0.3) is 0 Å². The third-order valence-electron chi connectivity index (χ3n) is 12.3. The van der Waals surface area contributed by atoms with Gasteiger partial charge in [-0.3, -0.25) is 4.98 Å². The van der Waals surface area contributed by atoms with Gasteiger partial charge >= 0.3 is 0 Å². The van der Waals surface area contributed by atoms with Gasteiger partial charge < -0.3 is 15.7 Å². The Morgan fingerprint density at radius 2 is 1.78 bits per heavy atom. The normalized spacial score (nSPS) is 42.0. The molecule has 0 saturated heterocycles. The zero-order valence-electron chi connectivity index (χ0n) is 24.2. The SMILES string of the molecule is CC[C@@H](C)[C@H]1CC[C@H]2[C@@H]3[C@H](O)C[C@@H]4C[C@H](NCCCCNCc5ccccn5)CC[C@]4(C)[C@H]3CC[C@]12C. The molecule has 4 aliphatic rings. The number of aromatic nitrogens is 1. The molecule has 37 heavy (non-hydrogen) atoms. The molecule has 0 amide bonds. The number of hydrogen-bond acceptors (Lipinski definition) is 4. The molecule has 1 aromatic rings. The maximum atomic E-state index is 11.6. The van der Waals surface area contributed by atoms with Gasteiger partial charge in [-0.05, 0) is 136 Å². The van der Waals surface area contributed by atoms with Crippen molar-refractivity contribution in [3.8, 4) is 0 Å².